The van der Waals surface area contributed by atoms with Crippen molar-refractivity contribution in [3.05, 3.63) is 53.2 Å². The molecule has 1 fully saturated rings. The first-order chi connectivity index (χ1) is 11.7. The third-order valence-corrected chi connectivity index (χ3v) is 5.23. The summed E-state index contributed by atoms with van der Waals surface area (Å²) in [6.45, 7) is 5.03. The highest BCUT2D eigenvalue weighted by Crippen LogP contribution is 2.27. The molecular formula is C18H18N4OS. The molecule has 0 atom stereocenters. The van der Waals surface area contributed by atoms with Gasteiger partial charge in [0, 0.05) is 31.7 Å². The average molecular weight is 338 g/mol. The summed E-state index contributed by atoms with van der Waals surface area (Å²) in [4.78, 5) is 26.6. The minimum absolute atomic E-state index is 0.109. The number of carbonyl (C=O) groups excluding carboxylic acids is 1. The van der Waals surface area contributed by atoms with Crippen LogP contribution in [0, 0.1) is 6.92 Å². The van der Waals surface area contributed by atoms with E-state index in [0.29, 0.717) is 13.1 Å². The number of benzene rings is 1. The van der Waals surface area contributed by atoms with Crippen LogP contribution in [0.2, 0.25) is 0 Å². The molecule has 5 nitrogen and oxygen atoms in total. The Kier molecular flexibility index (Phi) is 3.90. The van der Waals surface area contributed by atoms with Crippen LogP contribution >= 0.6 is 11.3 Å². The van der Waals surface area contributed by atoms with E-state index in [0.717, 1.165) is 34.7 Å². The molecule has 0 N–H and O–H groups in total. The number of rotatable bonds is 2. The SMILES string of the molecule is Cc1ccc(C(=O)N2CCN(c3ncnc4sccc34)CC2)cc1. The Morgan fingerprint density at radius 1 is 1.04 bits per heavy atom. The number of aromatic nitrogens is 2. The Morgan fingerprint density at radius 3 is 2.54 bits per heavy atom. The molecule has 0 bridgehead atoms. The molecule has 1 aliphatic heterocycles. The van der Waals surface area contributed by atoms with Gasteiger partial charge in [-0.25, -0.2) is 9.97 Å². The lowest BCUT2D eigenvalue weighted by Crippen LogP contribution is -2.49. The predicted molar refractivity (Wildman–Crippen MR) is 96.7 cm³/mol. The minimum atomic E-state index is 0.109. The highest BCUT2D eigenvalue weighted by atomic mass is 32.1. The smallest absolute Gasteiger partial charge is 0.253 e. The standard InChI is InChI=1S/C18H18N4OS/c1-13-2-4-14(5-3-13)18(23)22-9-7-21(8-10-22)16-15-6-11-24-17(15)20-12-19-16/h2-6,11-12H,7-10H2,1H3. The zero-order valence-corrected chi connectivity index (χ0v) is 14.3. The fraction of sp³-hybridized carbons (Fsp3) is 0.278. The van der Waals surface area contributed by atoms with Crippen LogP contribution in [0.5, 0.6) is 0 Å². The lowest BCUT2D eigenvalue weighted by Gasteiger charge is -2.35. The molecule has 1 amide bonds. The van der Waals surface area contributed by atoms with Crippen molar-refractivity contribution in [2.75, 3.05) is 31.1 Å². The van der Waals surface area contributed by atoms with Gasteiger partial charge in [0.1, 0.15) is 17.0 Å². The van der Waals surface area contributed by atoms with E-state index in [2.05, 4.69) is 20.9 Å². The molecule has 2 aromatic heterocycles. The number of piperazine rings is 1. The molecular weight excluding hydrogens is 320 g/mol. The summed E-state index contributed by atoms with van der Waals surface area (Å²) in [5, 5.41) is 3.14. The molecule has 4 rings (SSSR count). The van der Waals surface area contributed by atoms with Crippen molar-refractivity contribution in [2.45, 2.75) is 6.92 Å². The third-order valence-electron chi connectivity index (χ3n) is 4.41. The second kappa shape index (κ2) is 6.20. The summed E-state index contributed by atoms with van der Waals surface area (Å²) in [5.41, 5.74) is 1.93. The number of hydrogen-bond donors (Lipinski definition) is 0. The predicted octanol–water partition coefficient (Wildman–Crippen LogP) is 2.96. The van der Waals surface area contributed by atoms with Crippen LogP contribution < -0.4 is 4.90 Å². The van der Waals surface area contributed by atoms with Gasteiger partial charge >= 0.3 is 0 Å². The maximum absolute atomic E-state index is 12.6. The number of hydrogen-bond acceptors (Lipinski definition) is 5. The van der Waals surface area contributed by atoms with E-state index in [1.165, 1.54) is 5.56 Å². The van der Waals surface area contributed by atoms with Gasteiger partial charge in [0.25, 0.3) is 5.91 Å². The fourth-order valence-electron chi connectivity index (χ4n) is 3.03. The maximum atomic E-state index is 12.6. The average Bonchev–Trinajstić information content (AvgIpc) is 3.11. The number of aryl methyl sites for hydroxylation is 1. The molecule has 0 aliphatic carbocycles. The number of carbonyl (C=O) groups is 1. The van der Waals surface area contributed by atoms with Crippen LogP contribution in [0.15, 0.2) is 42.0 Å². The number of amides is 1. The first-order valence-electron chi connectivity index (χ1n) is 8.01. The van der Waals surface area contributed by atoms with Gasteiger partial charge in [-0.3, -0.25) is 4.79 Å². The fourth-order valence-corrected chi connectivity index (χ4v) is 3.76. The molecule has 1 aliphatic rings. The highest BCUT2D eigenvalue weighted by Gasteiger charge is 2.24. The van der Waals surface area contributed by atoms with Gasteiger partial charge in [0.2, 0.25) is 0 Å². The molecule has 1 saturated heterocycles. The van der Waals surface area contributed by atoms with Gasteiger partial charge in [0.15, 0.2) is 0 Å². The van der Waals surface area contributed by atoms with Crippen LogP contribution in [0.1, 0.15) is 15.9 Å². The van der Waals surface area contributed by atoms with E-state index < -0.39 is 0 Å². The maximum Gasteiger partial charge on any atom is 0.253 e. The van der Waals surface area contributed by atoms with Crippen molar-refractivity contribution in [1.82, 2.24) is 14.9 Å². The van der Waals surface area contributed by atoms with Gasteiger partial charge in [-0.2, -0.15) is 0 Å². The molecule has 0 unspecified atom stereocenters. The quantitative estimate of drug-likeness (QED) is 0.721. The minimum Gasteiger partial charge on any atom is -0.352 e. The third kappa shape index (κ3) is 2.73. The molecule has 0 saturated carbocycles. The number of nitrogens with zero attached hydrogens (tertiary/aromatic N) is 4. The summed E-state index contributed by atoms with van der Waals surface area (Å²) >= 11 is 1.63. The summed E-state index contributed by atoms with van der Waals surface area (Å²) in [6.07, 6.45) is 1.62. The van der Waals surface area contributed by atoms with Crippen LogP contribution in [0.3, 0.4) is 0 Å². The van der Waals surface area contributed by atoms with Gasteiger partial charge in [0.05, 0.1) is 5.39 Å². The normalized spacial score (nSPS) is 15.0. The number of fused-ring (bicyclic) bond motifs is 1. The second-order valence-corrected chi connectivity index (χ2v) is 6.88. The van der Waals surface area contributed by atoms with E-state index in [4.69, 9.17) is 0 Å². The van der Waals surface area contributed by atoms with E-state index >= 15 is 0 Å². The molecule has 1 aromatic carbocycles. The van der Waals surface area contributed by atoms with Crippen molar-refractivity contribution in [3.8, 4) is 0 Å². The van der Waals surface area contributed by atoms with Gasteiger partial charge in [-0.1, -0.05) is 17.7 Å². The Morgan fingerprint density at radius 2 is 1.79 bits per heavy atom. The summed E-state index contributed by atoms with van der Waals surface area (Å²) < 4.78 is 0. The topological polar surface area (TPSA) is 49.3 Å². The molecule has 3 aromatic rings. The molecule has 3 heterocycles. The Hall–Kier alpha value is -2.47. The summed E-state index contributed by atoms with van der Waals surface area (Å²) in [6, 6.07) is 9.85. The van der Waals surface area contributed by atoms with Gasteiger partial charge in [-0.15, -0.1) is 11.3 Å². The van der Waals surface area contributed by atoms with Crippen LogP contribution in [-0.2, 0) is 0 Å². The molecule has 6 heteroatoms. The zero-order valence-electron chi connectivity index (χ0n) is 13.5. The van der Waals surface area contributed by atoms with Crippen molar-refractivity contribution < 1.29 is 4.79 Å². The largest absolute Gasteiger partial charge is 0.352 e. The lowest BCUT2D eigenvalue weighted by molar-refractivity contribution is 0.0746. The Labute approximate surface area is 144 Å². The second-order valence-electron chi connectivity index (χ2n) is 5.98. The van der Waals surface area contributed by atoms with E-state index in [9.17, 15) is 4.79 Å². The van der Waals surface area contributed by atoms with E-state index in [1.54, 1.807) is 17.7 Å². The van der Waals surface area contributed by atoms with E-state index in [-0.39, 0.29) is 5.91 Å². The molecule has 24 heavy (non-hydrogen) atoms. The summed E-state index contributed by atoms with van der Waals surface area (Å²) in [5.74, 6) is 1.08. The van der Waals surface area contributed by atoms with Crippen molar-refractivity contribution in [1.29, 1.82) is 0 Å². The van der Waals surface area contributed by atoms with Crippen LogP contribution in [0.4, 0.5) is 5.82 Å². The Balaban J connectivity index is 1.48. The van der Waals surface area contributed by atoms with Gasteiger partial charge in [-0.05, 0) is 30.5 Å². The summed E-state index contributed by atoms with van der Waals surface area (Å²) in [7, 11) is 0. The number of anilines is 1. The molecule has 0 radical (unpaired) electrons. The van der Waals surface area contributed by atoms with Crippen LogP contribution in [0.25, 0.3) is 10.2 Å². The monoisotopic (exact) mass is 338 g/mol. The first kappa shape index (κ1) is 15.1. The number of thiophene rings is 1. The molecule has 0 spiro atoms. The van der Waals surface area contributed by atoms with Crippen LogP contribution in [-0.4, -0.2) is 47.0 Å². The zero-order chi connectivity index (χ0) is 16.5. The van der Waals surface area contributed by atoms with Crippen molar-refractivity contribution in [2.24, 2.45) is 0 Å². The lowest BCUT2D eigenvalue weighted by atomic mass is 10.1. The first-order valence-corrected chi connectivity index (χ1v) is 8.89. The Bertz CT molecular complexity index is 866. The van der Waals surface area contributed by atoms with Crippen molar-refractivity contribution >= 4 is 33.3 Å². The highest BCUT2D eigenvalue weighted by molar-refractivity contribution is 7.16. The van der Waals surface area contributed by atoms with Crippen molar-refractivity contribution in [3.63, 3.8) is 0 Å². The van der Waals surface area contributed by atoms with Gasteiger partial charge < -0.3 is 9.80 Å². The van der Waals surface area contributed by atoms with E-state index in [1.807, 2.05) is 41.5 Å². The molecule has 122 valence electrons.